The van der Waals surface area contributed by atoms with E-state index >= 15 is 0 Å². The molecular formula is C8H7NO. The average Bonchev–Trinajstić information content (AvgIpc) is 2.42. The molecule has 2 nitrogen and oxygen atoms in total. The van der Waals surface area contributed by atoms with Gasteiger partial charge in [0.2, 0.25) is 0 Å². The summed E-state index contributed by atoms with van der Waals surface area (Å²) < 4.78 is 2.07. The number of fused-ring (bicyclic) bond motifs is 1. The predicted molar refractivity (Wildman–Crippen MR) is 37.3 cm³/mol. The molecule has 0 radical (unpaired) electrons. The Morgan fingerprint density at radius 1 is 1.60 bits per heavy atom. The zero-order valence-electron chi connectivity index (χ0n) is 5.50. The van der Waals surface area contributed by atoms with Crippen molar-refractivity contribution in [3.8, 4) is 0 Å². The number of hydrogen-bond donors (Lipinski definition) is 0. The Kier molecular flexibility index (Phi) is 1.02. The maximum atomic E-state index is 10.2. The van der Waals surface area contributed by atoms with Crippen LogP contribution in [0.1, 0.15) is 5.69 Å². The number of hydrogen-bond acceptors (Lipinski definition) is 1. The lowest BCUT2D eigenvalue weighted by molar-refractivity contribution is 0.565. The molecule has 0 aromatic carbocycles. The molecule has 0 N–H and O–H groups in total. The van der Waals surface area contributed by atoms with Gasteiger partial charge in [0, 0.05) is 23.9 Å². The molecule has 2 heteroatoms. The standard InChI is InChI=1S/C8H7NO/c10-6-7-4-8-2-1-3-9(8)5-7/h1-3H,4-5H2. The van der Waals surface area contributed by atoms with E-state index in [1.165, 1.54) is 5.69 Å². The fraction of sp³-hybridized carbons (Fsp3) is 0.250. The van der Waals surface area contributed by atoms with Crippen molar-refractivity contribution in [2.24, 2.45) is 0 Å². The van der Waals surface area contributed by atoms with Gasteiger partial charge in [0.05, 0.1) is 6.54 Å². The van der Waals surface area contributed by atoms with Crippen LogP contribution < -0.4 is 0 Å². The third kappa shape index (κ3) is 0.630. The van der Waals surface area contributed by atoms with Gasteiger partial charge in [-0.2, -0.15) is 0 Å². The normalized spacial score (nSPS) is 15.0. The molecule has 0 spiro atoms. The first-order chi connectivity index (χ1) is 4.90. The van der Waals surface area contributed by atoms with Gasteiger partial charge in [0.25, 0.3) is 0 Å². The Labute approximate surface area is 58.8 Å². The number of nitrogens with zero attached hydrogens (tertiary/aromatic N) is 1. The number of rotatable bonds is 0. The molecule has 2 heterocycles. The van der Waals surface area contributed by atoms with Gasteiger partial charge >= 0.3 is 0 Å². The SMILES string of the molecule is O=C=C1Cc2cccn2C1. The number of carbonyl (C=O) groups excluding carboxylic acids is 1. The molecule has 50 valence electrons. The van der Waals surface area contributed by atoms with Gasteiger partial charge < -0.3 is 4.57 Å². The molecule has 0 amide bonds. The van der Waals surface area contributed by atoms with Crippen LogP contribution in [-0.4, -0.2) is 10.5 Å². The van der Waals surface area contributed by atoms with Crippen LogP contribution in [-0.2, 0) is 17.8 Å². The molecule has 0 bridgehead atoms. The molecule has 1 aliphatic heterocycles. The molecule has 1 aromatic rings. The van der Waals surface area contributed by atoms with Crippen LogP contribution >= 0.6 is 0 Å². The summed E-state index contributed by atoms with van der Waals surface area (Å²) in [5.74, 6) is 1.94. The minimum Gasteiger partial charge on any atom is -0.346 e. The van der Waals surface area contributed by atoms with Crippen molar-refractivity contribution in [2.75, 3.05) is 0 Å². The van der Waals surface area contributed by atoms with Gasteiger partial charge in [-0.3, -0.25) is 0 Å². The zero-order chi connectivity index (χ0) is 6.97. The first-order valence-electron chi connectivity index (χ1n) is 3.27. The third-order valence-electron chi connectivity index (χ3n) is 1.82. The lowest BCUT2D eigenvalue weighted by Gasteiger charge is -1.90. The van der Waals surface area contributed by atoms with Gasteiger partial charge in [-0.15, -0.1) is 0 Å². The van der Waals surface area contributed by atoms with Gasteiger partial charge in [0.15, 0.2) is 0 Å². The largest absolute Gasteiger partial charge is 0.346 e. The second-order valence-corrected chi connectivity index (χ2v) is 2.51. The van der Waals surface area contributed by atoms with E-state index in [9.17, 15) is 4.79 Å². The summed E-state index contributed by atoms with van der Waals surface area (Å²) in [4.78, 5) is 10.2. The monoisotopic (exact) mass is 133 g/mol. The van der Waals surface area contributed by atoms with Crippen LogP contribution in [0.15, 0.2) is 23.9 Å². The molecule has 10 heavy (non-hydrogen) atoms. The molecule has 1 aromatic heterocycles. The van der Waals surface area contributed by atoms with Crippen molar-refractivity contribution < 1.29 is 4.79 Å². The Morgan fingerprint density at radius 2 is 2.50 bits per heavy atom. The van der Waals surface area contributed by atoms with Crippen molar-refractivity contribution in [1.29, 1.82) is 0 Å². The maximum Gasteiger partial charge on any atom is 0.125 e. The summed E-state index contributed by atoms with van der Waals surface area (Å²) in [6.07, 6.45) is 2.77. The van der Waals surface area contributed by atoms with Crippen molar-refractivity contribution >= 4 is 5.94 Å². The van der Waals surface area contributed by atoms with E-state index in [2.05, 4.69) is 4.57 Å². The zero-order valence-corrected chi connectivity index (χ0v) is 5.50. The number of aromatic nitrogens is 1. The van der Waals surface area contributed by atoms with Gasteiger partial charge in [0.1, 0.15) is 5.94 Å². The van der Waals surface area contributed by atoms with Crippen LogP contribution in [0.2, 0.25) is 0 Å². The summed E-state index contributed by atoms with van der Waals surface area (Å²) in [7, 11) is 0. The van der Waals surface area contributed by atoms with Crippen molar-refractivity contribution in [3.63, 3.8) is 0 Å². The van der Waals surface area contributed by atoms with Crippen LogP contribution in [0, 0.1) is 0 Å². The van der Waals surface area contributed by atoms with E-state index in [0.717, 1.165) is 18.5 Å². The van der Waals surface area contributed by atoms with Crippen molar-refractivity contribution in [3.05, 3.63) is 29.6 Å². The van der Waals surface area contributed by atoms with E-state index < -0.39 is 0 Å². The van der Waals surface area contributed by atoms with Crippen LogP contribution in [0.4, 0.5) is 0 Å². The quantitative estimate of drug-likeness (QED) is 0.480. The van der Waals surface area contributed by atoms with Crippen LogP contribution in [0.3, 0.4) is 0 Å². The topological polar surface area (TPSA) is 22.0 Å². The third-order valence-corrected chi connectivity index (χ3v) is 1.82. The fourth-order valence-electron chi connectivity index (χ4n) is 1.31. The molecule has 0 fully saturated rings. The highest BCUT2D eigenvalue weighted by molar-refractivity contribution is 5.55. The van der Waals surface area contributed by atoms with E-state index in [-0.39, 0.29) is 0 Å². The Hall–Kier alpha value is -1.27. The summed E-state index contributed by atoms with van der Waals surface area (Å²) in [6, 6.07) is 4.03. The van der Waals surface area contributed by atoms with Crippen molar-refractivity contribution in [1.82, 2.24) is 4.57 Å². The smallest absolute Gasteiger partial charge is 0.125 e. The Balaban J connectivity index is 2.46. The first kappa shape index (κ1) is 5.51. The molecule has 0 saturated heterocycles. The molecule has 0 atom stereocenters. The summed E-state index contributed by atoms with van der Waals surface area (Å²) in [6.45, 7) is 0.742. The van der Waals surface area contributed by atoms with Gasteiger partial charge in [-0.25, -0.2) is 4.79 Å². The number of allylic oxidation sites excluding steroid dienone is 1. The fourth-order valence-corrected chi connectivity index (χ4v) is 1.31. The summed E-state index contributed by atoms with van der Waals surface area (Å²) >= 11 is 0. The summed E-state index contributed by atoms with van der Waals surface area (Å²) in [5.41, 5.74) is 2.08. The van der Waals surface area contributed by atoms with E-state index in [1.807, 2.05) is 24.3 Å². The van der Waals surface area contributed by atoms with E-state index in [1.54, 1.807) is 0 Å². The molecular weight excluding hydrogens is 126 g/mol. The molecule has 0 saturated carbocycles. The lowest BCUT2D eigenvalue weighted by Crippen LogP contribution is -1.88. The average molecular weight is 133 g/mol. The van der Waals surface area contributed by atoms with Crippen LogP contribution in [0.5, 0.6) is 0 Å². The minimum absolute atomic E-state index is 0.742. The predicted octanol–water partition coefficient (Wildman–Crippen LogP) is 0.802. The second-order valence-electron chi connectivity index (χ2n) is 2.51. The van der Waals surface area contributed by atoms with Crippen LogP contribution in [0.25, 0.3) is 0 Å². The first-order valence-corrected chi connectivity index (χ1v) is 3.27. The molecule has 0 unspecified atom stereocenters. The lowest BCUT2D eigenvalue weighted by atomic mass is 10.2. The molecule has 0 aliphatic carbocycles. The highest BCUT2D eigenvalue weighted by atomic mass is 16.1. The highest BCUT2D eigenvalue weighted by Gasteiger charge is 2.13. The Bertz CT molecular complexity index is 282. The second kappa shape index (κ2) is 1.86. The summed E-state index contributed by atoms with van der Waals surface area (Å²) in [5, 5.41) is 0. The van der Waals surface area contributed by atoms with Gasteiger partial charge in [-0.05, 0) is 12.1 Å². The van der Waals surface area contributed by atoms with Gasteiger partial charge in [-0.1, -0.05) is 0 Å². The molecule has 2 rings (SSSR count). The minimum atomic E-state index is 0.742. The van der Waals surface area contributed by atoms with E-state index in [4.69, 9.17) is 0 Å². The maximum absolute atomic E-state index is 10.2. The van der Waals surface area contributed by atoms with E-state index in [0.29, 0.717) is 0 Å². The Morgan fingerprint density at radius 3 is 3.20 bits per heavy atom. The van der Waals surface area contributed by atoms with Crippen molar-refractivity contribution in [2.45, 2.75) is 13.0 Å². The highest BCUT2D eigenvalue weighted by Crippen LogP contribution is 2.17. The molecule has 1 aliphatic rings.